The summed E-state index contributed by atoms with van der Waals surface area (Å²) < 4.78 is 21.7. The Kier molecular flexibility index (Phi) is 5.55. The van der Waals surface area contributed by atoms with Crippen LogP contribution >= 0.6 is 0 Å². The molecule has 156 valence electrons. The molecule has 1 unspecified atom stereocenters. The molecule has 4 rings (SSSR count). The third-order valence-electron chi connectivity index (χ3n) is 5.75. The number of carbonyl (C=O) groups is 1. The molecule has 1 aliphatic heterocycles. The van der Waals surface area contributed by atoms with Crippen LogP contribution in [0.2, 0.25) is 0 Å². The average molecular weight is 408 g/mol. The van der Waals surface area contributed by atoms with Crippen LogP contribution in [0.5, 0.6) is 11.5 Å². The van der Waals surface area contributed by atoms with Crippen LogP contribution in [0.4, 0.5) is 4.39 Å². The lowest BCUT2D eigenvalue weighted by molar-refractivity contribution is 0.1000. The molecule has 2 N–H and O–H groups in total. The van der Waals surface area contributed by atoms with E-state index in [1.807, 2.05) is 42.2 Å². The van der Waals surface area contributed by atoms with Crippen LogP contribution in [-0.2, 0) is 13.6 Å². The molecule has 1 fully saturated rings. The average Bonchev–Trinajstić information content (AvgIpc) is 3.31. The molecule has 1 saturated heterocycles. The zero-order valence-corrected chi connectivity index (χ0v) is 17.1. The lowest BCUT2D eigenvalue weighted by Gasteiger charge is -2.24. The van der Waals surface area contributed by atoms with Gasteiger partial charge in [-0.1, -0.05) is 12.1 Å². The minimum Gasteiger partial charge on any atom is -0.454 e. The van der Waals surface area contributed by atoms with Crippen molar-refractivity contribution >= 4 is 5.91 Å². The summed E-state index contributed by atoms with van der Waals surface area (Å²) in [5.74, 6) is -0.710. The molecule has 1 aliphatic rings. The van der Waals surface area contributed by atoms with Gasteiger partial charge in [0.05, 0.1) is 6.20 Å². The molecular formula is C23H25FN4O2. The highest BCUT2D eigenvalue weighted by Crippen LogP contribution is 2.35. The third kappa shape index (κ3) is 4.07. The molecule has 0 aliphatic carbocycles. The van der Waals surface area contributed by atoms with E-state index in [1.165, 1.54) is 35.4 Å². The smallest absolute Gasteiger partial charge is 0.248 e. The van der Waals surface area contributed by atoms with Crippen molar-refractivity contribution in [3.8, 4) is 11.5 Å². The number of halogens is 1. The van der Waals surface area contributed by atoms with Crippen molar-refractivity contribution in [3.63, 3.8) is 0 Å². The van der Waals surface area contributed by atoms with Gasteiger partial charge in [0, 0.05) is 36.5 Å². The van der Waals surface area contributed by atoms with Gasteiger partial charge < -0.3 is 10.5 Å². The second kappa shape index (κ2) is 8.28. The minimum absolute atomic E-state index is 0.0550. The van der Waals surface area contributed by atoms with Crippen molar-refractivity contribution in [2.45, 2.75) is 32.4 Å². The van der Waals surface area contributed by atoms with Crippen molar-refractivity contribution in [3.05, 3.63) is 76.9 Å². The van der Waals surface area contributed by atoms with E-state index in [0.29, 0.717) is 11.8 Å². The van der Waals surface area contributed by atoms with Gasteiger partial charge in [-0.15, -0.1) is 0 Å². The maximum absolute atomic E-state index is 14.1. The number of likely N-dealkylation sites (tertiary alicyclic amines) is 1. The van der Waals surface area contributed by atoms with Gasteiger partial charge in [-0.05, 0) is 62.2 Å². The maximum Gasteiger partial charge on any atom is 0.248 e. The molecule has 1 aromatic heterocycles. The molecule has 0 bridgehead atoms. The number of hydrogen-bond acceptors (Lipinski definition) is 4. The second-order valence-corrected chi connectivity index (χ2v) is 7.69. The number of nitrogens with two attached hydrogens (primary N) is 1. The number of aromatic nitrogens is 2. The molecule has 1 amide bonds. The van der Waals surface area contributed by atoms with E-state index < -0.39 is 11.7 Å². The molecule has 2 heterocycles. The summed E-state index contributed by atoms with van der Waals surface area (Å²) in [6.07, 6.45) is 4.28. The Hall–Kier alpha value is -3.19. The monoisotopic (exact) mass is 408 g/mol. The molecule has 1 atom stereocenters. The third-order valence-corrected chi connectivity index (χ3v) is 5.75. The van der Waals surface area contributed by atoms with Gasteiger partial charge in [-0.2, -0.15) is 5.10 Å². The van der Waals surface area contributed by atoms with Crippen molar-refractivity contribution in [2.75, 3.05) is 6.54 Å². The minimum atomic E-state index is -0.675. The van der Waals surface area contributed by atoms with Gasteiger partial charge in [0.1, 0.15) is 5.75 Å². The molecule has 7 heteroatoms. The standard InChI is InChI=1S/C23H25FN4O2/c1-15-19(13-26-27(15)2)21-4-3-11-28(21)14-16-5-8-18(9-6-16)30-22-10-7-17(23(25)29)12-20(22)24/h5-10,12-13,21H,3-4,11,14H2,1-2H3,(H2,25,29). The first-order valence-electron chi connectivity index (χ1n) is 10.0. The van der Waals surface area contributed by atoms with Gasteiger partial charge in [-0.3, -0.25) is 14.4 Å². The lowest BCUT2D eigenvalue weighted by Crippen LogP contribution is -2.23. The van der Waals surface area contributed by atoms with Crippen LogP contribution in [0.1, 0.15) is 46.1 Å². The largest absolute Gasteiger partial charge is 0.454 e. The topological polar surface area (TPSA) is 73.4 Å². The van der Waals surface area contributed by atoms with E-state index >= 15 is 0 Å². The normalized spacial score (nSPS) is 16.7. The number of amides is 1. The number of aryl methyl sites for hydroxylation is 1. The van der Waals surface area contributed by atoms with E-state index in [9.17, 15) is 9.18 Å². The van der Waals surface area contributed by atoms with Crippen molar-refractivity contribution in [2.24, 2.45) is 12.8 Å². The number of nitrogens with zero attached hydrogens (tertiary/aromatic N) is 3. The van der Waals surface area contributed by atoms with Gasteiger partial charge in [-0.25, -0.2) is 4.39 Å². The van der Waals surface area contributed by atoms with Crippen LogP contribution in [0.3, 0.4) is 0 Å². The lowest BCUT2D eigenvalue weighted by atomic mass is 10.1. The predicted octanol–water partition coefficient (Wildman–Crippen LogP) is 4.10. The van der Waals surface area contributed by atoms with Crippen LogP contribution in [0, 0.1) is 12.7 Å². The Labute approximate surface area is 175 Å². The van der Waals surface area contributed by atoms with Gasteiger partial charge in [0.2, 0.25) is 5.91 Å². The van der Waals surface area contributed by atoms with Crippen LogP contribution in [0.15, 0.2) is 48.7 Å². The summed E-state index contributed by atoms with van der Waals surface area (Å²) in [6, 6.07) is 12.0. The molecular weight excluding hydrogens is 383 g/mol. The maximum atomic E-state index is 14.1. The number of primary amides is 1. The Morgan fingerprint density at radius 3 is 2.67 bits per heavy atom. The Morgan fingerprint density at radius 1 is 1.27 bits per heavy atom. The number of carbonyl (C=O) groups excluding carboxylic acids is 1. The fourth-order valence-corrected chi connectivity index (χ4v) is 3.97. The second-order valence-electron chi connectivity index (χ2n) is 7.69. The predicted molar refractivity (Wildman–Crippen MR) is 112 cm³/mol. The van der Waals surface area contributed by atoms with Crippen molar-refractivity contribution in [1.29, 1.82) is 0 Å². The van der Waals surface area contributed by atoms with Gasteiger partial charge >= 0.3 is 0 Å². The molecule has 0 spiro atoms. The highest BCUT2D eigenvalue weighted by molar-refractivity contribution is 5.92. The molecule has 3 aromatic rings. The van der Waals surface area contributed by atoms with Crippen molar-refractivity contribution < 1.29 is 13.9 Å². The zero-order valence-electron chi connectivity index (χ0n) is 17.1. The first-order chi connectivity index (χ1) is 14.4. The summed E-state index contributed by atoms with van der Waals surface area (Å²) in [6.45, 7) is 4.00. The van der Waals surface area contributed by atoms with Crippen LogP contribution in [-0.4, -0.2) is 27.1 Å². The van der Waals surface area contributed by atoms with E-state index in [-0.39, 0.29) is 11.3 Å². The number of rotatable bonds is 6. The van der Waals surface area contributed by atoms with E-state index in [2.05, 4.69) is 16.9 Å². The van der Waals surface area contributed by atoms with E-state index in [0.717, 1.165) is 25.6 Å². The molecule has 2 aromatic carbocycles. The number of hydrogen-bond donors (Lipinski definition) is 1. The summed E-state index contributed by atoms with van der Waals surface area (Å²) in [5, 5.41) is 4.39. The fraction of sp³-hybridized carbons (Fsp3) is 0.304. The summed E-state index contributed by atoms with van der Waals surface area (Å²) in [5.41, 5.74) is 8.95. The molecule has 6 nitrogen and oxygen atoms in total. The van der Waals surface area contributed by atoms with Gasteiger partial charge in [0.15, 0.2) is 11.6 Å². The van der Waals surface area contributed by atoms with E-state index in [1.54, 1.807) is 0 Å². The number of benzene rings is 2. The number of ether oxygens (including phenoxy) is 1. The zero-order chi connectivity index (χ0) is 21.3. The summed E-state index contributed by atoms with van der Waals surface area (Å²) in [7, 11) is 1.97. The van der Waals surface area contributed by atoms with Gasteiger partial charge in [0.25, 0.3) is 0 Å². The first kappa shape index (κ1) is 20.1. The van der Waals surface area contributed by atoms with E-state index in [4.69, 9.17) is 10.5 Å². The van der Waals surface area contributed by atoms with Crippen molar-refractivity contribution in [1.82, 2.24) is 14.7 Å². The first-order valence-corrected chi connectivity index (χ1v) is 10.0. The molecule has 30 heavy (non-hydrogen) atoms. The van der Waals surface area contributed by atoms with Crippen LogP contribution < -0.4 is 10.5 Å². The summed E-state index contributed by atoms with van der Waals surface area (Å²) in [4.78, 5) is 13.6. The SMILES string of the molecule is Cc1c(C2CCCN2Cc2ccc(Oc3ccc(C(N)=O)cc3F)cc2)cnn1C. The Bertz CT molecular complexity index is 1060. The molecule has 0 radical (unpaired) electrons. The highest BCUT2D eigenvalue weighted by Gasteiger charge is 2.28. The quantitative estimate of drug-likeness (QED) is 0.667. The van der Waals surface area contributed by atoms with Crippen LogP contribution in [0.25, 0.3) is 0 Å². The molecule has 0 saturated carbocycles. The summed E-state index contributed by atoms with van der Waals surface area (Å²) >= 11 is 0. The Morgan fingerprint density at radius 2 is 2.03 bits per heavy atom. The highest BCUT2D eigenvalue weighted by atomic mass is 19.1. The fourth-order valence-electron chi connectivity index (χ4n) is 3.97. The Balaban J connectivity index is 1.44.